The molecule has 1 atom stereocenters. The average molecular weight is 439 g/mol. The zero-order chi connectivity index (χ0) is 22.8. The molecule has 33 heavy (non-hydrogen) atoms. The molecule has 1 aliphatic heterocycles. The van der Waals surface area contributed by atoms with E-state index in [-0.39, 0.29) is 11.9 Å². The molecule has 1 fully saturated rings. The highest BCUT2D eigenvalue weighted by Crippen LogP contribution is 2.37. The molecule has 0 saturated carbocycles. The number of aromatic amines is 1. The van der Waals surface area contributed by atoms with Crippen molar-refractivity contribution in [3.05, 3.63) is 94.9 Å². The fraction of sp³-hybridized carbons (Fsp3) is 0.286. The number of piperidine rings is 1. The highest BCUT2D eigenvalue weighted by atomic mass is 16.1. The lowest BCUT2D eigenvalue weighted by atomic mass is 9.95. The van der Waals surface area contributed by atoms with Crippen LogP contribution in [-0.4, -0.2) is 33.9 Å². The fourth-order valence-corrected chi connectivity index (χ4v) is 4.92. The molecule has 2 N–H and O–H groups in total. The number of hydrogen-bond acceptors (Lipinski definition) is 3. The van der Waals surface area contributed by atoms with Gasteiger partial charge < -0.3 is 10.3 Å². The summed E-state index contributed by atoms with van der Waals surface area (Å²) in [5.74, 6) is -0.0968. The van der Waals surface area contributed by atoms with Gasteiger partial charge in [-0.1, -0.05) is 30.2 Å². The van der Waals surface area contributed by atoms with Crippen LogP contribution in [0.2, 0.25) is 0 Å². The molecule has 5 heteroatoms. The number of aryl methyl sites for hydroxylation is 2. The van der Waals surface area contributed by atoms with Gasteiger partial charge in [0.1, 0.15) is 0 Å². The van der Waals surface area contributed by atoms with Crippen LogP contribution in [0.25, 0.3) is 10.9 Å². The Hall–Kier alpha value is -3.44. The van der Waals surface area contributed by atoms with Crippen molar-refractivity contribution < 1.29 is 4.79 Å². The number of carbonyl (C=O) groups excluding carboxylic acids is 1. The maximum Gasteiger partial charge on any atom is 0.255 e. The van der Waals surface area contributed by atoms with Gasteiger partial charge in [-0.3, -0.25) is 14.7 Å². The Labute approximate surface area is 194 Å². The number of anilines is 1. The van der Waals surface area contributed by atoms with Crippen LogP contribution in [0.15, 0.2) is 66.9 Å². The van der Waals surface area contributed by atoms with Crippen LogP contribution in [0.3, 0.4) is 0 Å². The van der Waals surface area contributed by atoms with Crippen LogP contribution < -0.4 is 5.32 Å². The number of hydrogen-bond donors (Lipinski definition) is 2. The van der Waals surface area contributed by atoms with E-state index in [2.05, 4.69) is 46.4 Å². The fourth-order valence-electron chi connectivity index (χ4n) is 4.92. The van der Waals surface area contributed by atoms with Crippen molar-refractivity contribution in [1.29, 1.82) is 0 Å². The minimum Gasteiger partial charge on any atom is -0.358 e. The monoisotopic (exact) mass is 438 g/mol. The second-order valence-electron chi connectivity index (χ2n) is 9.00. The highest BCUT2D eigenvalue weighted by Gasteiger charge is 2.29. The number of benzene rings is 2. The molecule has 3 heterocycles. The van der Waals surface area contributed by atoms with Crippen molar-refractivity contribution in [3.8, 4) is 0 Å². The van der Waals surface area contributed by atoms with Crippen molar-refractivity contribution in [1.82, 2.24) is 14.9 Å². The lowest BCUT2D eigenvalue weighted by molar-refractivity contribution is 0.102. The quantitative estimate of drug-likeness (QED) is 0.401. The van der Waals surface area contributed by atoms with Crippen LogP contribution in [0.1, 0.15) is 58.2 Å². The topological polar surface area (TPSA) is 61.0 Å². The van der Waals surface area contributed by atoms with Crippen molar-refractivity contribution >= 4 is 22.5 Å². The van der Waals surface area contributed by atoms with Crippen molar-refractivity contribution in [2.45, 2.75) is 39.2 Å². The van der Waals surface area contributed by atoms with Crippen molar-refractivity contribution in [2.24, 2.45) is 0 Å². The number of carbonyl (C=O) groups is 1. The maximum atomic E-state index is 12.8. The van der Waals surface area contributed by atoms with Gasteiger partial charge in [0, 0.05) is 39.6 Å². The molecule has 2 aromatic heterocycles. The van der Waals surface area contributed by atoms with Crippen LogP contribution in [0, 0.1) is 13.8 Å². The number of aromatic nitrogens is 2. The first-order valence-corrected chi connectivity index (χ1v) is 11.8. The van der Waals surface area contributed by atoms with Gasteiger partial charge in [-0.05, 0) is 82.2 Å². The third-order valence-electron chi connectivity index (χ3n) is 6.60. The molecular formula is C28H30N4O. The summed E-state index contributed by atoms with van der Waals surface area (Å²) in [5, 5.41) is 4.22. The molecule has 2 aromatic carbocycles. The number of pyridine rings is 1. The van der Waals surface area contributed by atoms with Crippen LogP contribution in [0.4, 0.5) is 5.69 Å². The van der Waals surface area contributed by atoms with Gasteiger partial charge >= 0.3 is 0 Å². The summed E-state index contributed by atoms with van der Waals surface area (Å²) in [5.41, 5.74) is 7.13. The number of H-pyrrole nitrogens is 1. The van der Waals surface area contributed by atoms with Crippen molar-refractivity contribution in [3.63, 3.8) is 0 Å². The number of likely N-dealkylation sites (tertiary alicyclic amines) is 1. The van der Waals surface area contributed by atoms with E-state index in [1.165, 1.54) is 24.8 Å². The molecule has 1 saturated heterocycles. The smallest absolute Gasteiger partial charge is 0.255 e. The third-order valence-corrected chi connectivity index (χ3v) is 6.60. The summed E-state index contributed by atoms with van der Waals surface area (Å²) in [7, 11) is 0. The average Bonchev–Trinajstić information content (AvgIpc) is 3.16. The minimum atomic E-state index is -0.0968. The second kappa shape index (κ2) is 9.20. The number of fused-ring (bicyclic) bond motifs is 1. The van der Waals surface area contributed by atoms with Crippen LogP contribution in [-0.2, 0) is 0 Å². The number of amides is 1. The Balaban J connectivity index is 1.54. The van der Waals surface area contributed by atoms with Gasteiger partial charge in [0.15, 0.2) is 0 Å². The van der Waals surface area contributed by atoms with E-state index in [4.69, 9.17) is 4.98 Å². The summed E-state index contributed by atoms with van der Waals surface area (Å²) in [6.45, 7) is 6.29. The van der Waals surface area contributed by atoms with E-state index in [1.54, 1.807) is 0 Å². The van der Waals surface area contributed by atoms with Gasteiger partial charge in [0.2, 0.25) is 0 Å². The molecule has 0 radical (unpaired) electrons. The maximum absolute atomic E-state index is 12.8. The molecule has 0 aliphatic carbocycles. The number of nitrogens with zero attached hydrogens (tertiary/aromatic N) is 2. The van der Waals surface area contributed by atoms with Crippen LogP contribution in [0.5, 0.6) is 0 Å². The number of nitrogens with one attached hydrogen (secondary N) is 2. The van der Waals surface area contributed by atoms with Crippen LogP contribution >= 0.6 is 0 Å². The summed E-state index contributed by atoms with van der Waals surface area (Å²) >= 11 is 0. The molecule has 5 rings (SSSR count). The highest BCUT2D eigenvalue weighted by molar-refractivity contribution is 6.05. The predicted molar refractivity (Wildman–Crippen MR) is 134 cm³/mol. The zero-order valence-electron chi connectivity index (χ0n) is 19.3. The lowest BCUT2D eigenvalue weighted by Crippen LogP contribution is -2.35. The van der Waals surface area contributed by atoms with Gasteiger partial charge in [0.05, 0.1) is 11.7 Å². The van der Waals surface area contributed by atoms with Crippen molar-refractivity contribution in [2.75, 3.05) is 18.4 Å². The molecular weight excluding hydrogens is 408 g/mol. The van der Waals surface area contributed by atoms with E-state index >= 15 is 0 Å². The Morgan fingerprint density at radius 3 is 2.52 bits per heavy atom. The Bertz CT molecular complexity index is 1250. The molecule has 4 aromatic rings. The standard InChI is InChI=1S/C28H30N4O/c1-19-9-11-21(12-10-19)28(33)31-22-13-14-24-23(18-22)26(20(2)30-24)27(25-8-4-5-15-29-25)32-16-6-3-7-17-32/h4-5,8-15,18,27,30H,3,6-7,16-17H2,1-2H3,(H,31,33). The second-order valence-corrected chi connectivity index (χ2v) is 9.00. The van der Waals surface area contributed by atoms with E-state index in [9.17, 15) is 4.79 Å². The Morgan fingerprint density at radius 2 is 1.79 bits per heavy atom. The Morgan fingerprint density at radius 1 is 1.00 bits per heavy atom. The van der Waals surface area contributed by atoms with Gasteiger partial charge in [-0.2, -0.15) is 0 Å². The first-order valence-electron chi connectivity index (χ1n) is 11.8. The number of rotatable bonds is 5. The SMILES string of the molecule is Cc1ccc(C(=O)Nc2ccc3[nH]c(C)c(C(c4ccccn4)N4CCCCC4)c3c2)cc1. The Kier molecular flexibility index (Phi) is 5.97. The lowest BCUT2D eigenvalue weighted by Gasteiger charge is -2.34. The van der Waals surface area contributed by atoms with Gasteiger partial charge in [0.25, 0.3) is 5.91 Å². The molecule has 168 valence electrons. The summed E-state index contributed by atoms with van der Waals surface area (Å²) < 4.78 is 0. The van der Waals surface area contributed by atoms with E-state index in [0.717, 1.165) is 46.6 Å². The third kappa shape index (κ3) is 4.41. The molecule has 5 nitrogen and oxygen atoms in total. The minimum absolute atomic E-state index is 0.0864. The molecule has 1 amide bonds. The van der Waals surface area contributed by atoms with Gasteiger partial charge in [-0.25, -0.2) is 0 Å². The molecule has 1 aliphatic rings. The van der Waals surface area contributed by atoms with E-state index in [1.807, 2.05) is 49.5 Å². The summed E-state index contributed by atoms with van der Waals surface area (Å²) in [6.07, 6.45) is 5.59. The van der Waals surface area contributed by atoms with E-state index in [0.29, 0.717) is 5.56 Å². The van der Waals surface area contributed by atoms with Gasteiger partial charge in [-0.15, -0.1) is 0 Å². The zero-order valence-corrected chi connectivity index (χ0v) is 19.3. The molecule has 1 unspecified atom stereocenters. The summed E-state index contributed by atoms with van der Waals surface area (Å²) in [6, 6.07) is 20.0. The molecule has 0 bridgehead atoms. The predicted octanol–water partition coefficient (Wildman–Crippen LogP) is 6.01. The first-order chi connectivity index (χ1) is 16.1. The normalized spacial score (nSPS) is 15.5. The molecule has 0 spiro atoms. The summed E-state index contributed by atoms with van der Waals surface area (Å²) in [4.78, 5) is 23.7. The first kappa shape index (κ1) is 21.4. The van der Waals surface area contributed by atoms with E-state index < -0.39 is 0 Å². The largest absolute Gasteiger partial charge is 0.358 e.